The molecule has 0 bridgehead atoms. The highest BCUT2D eigenvalue weighted by Crippen LogP contribution is 2.35. The summed E-state index contributed by atoms with van der Waals surface area (Å²) in [4.78, 5) is 0. The minimum Gasteiger partial charge on any atom is -0.492 e. The number of rotatable bonds is 10. The van der Waals surface area contributed by atoms with Gasteiger partial charge in [0.25, 0.3) is 0 Å². The van der Waals surface area contributed by atoms with Crippen molar-refractivity contribution in [1.82, 2.24) is 0 Å². The normalized spacial score (nSPS) is 14.9. The third kappa shape index (κ3) is 6.37. The van der Waals surface area contributed by atoms with E-state index in [4.69, 9.17) is 4.74 Å². The maximum absolute atomic E-state index is 5.99. The van der Waals surface area contributed by atoms with Gasteiger partial charge in [0.15, 0.2) is 0 Å². The lowest BCUT2D eigenvalue weighted by Gasteiger charge is -2.22. The molecule has 1 nitrogen and oxygen atoms in total. The lowest BCUT2D eigenvalue weighted by Crippen LogP contribution is -2.04. The number of hydrogen-bond donors (Lipinski definition) is 0. The van der Waals surface area contributed by atoms with E-state index < -0.39 is 0 Å². The molecule has 0 N–H and O–H groups in total. The Labute approximate surface area is 180 Å². The molecule has 2 heteroatoms. The third-order valence-electron chi connectivity index (χ3n) is 6.01. The van der Waals surface area contributed by atoms with Gasteiger partial charge in [-0.1, -0.05) is 88.6 Å². The largest absolute Gasteiger partial charge is 0.492 e. The van der Waals surface area contributed by atoms with Crippen molar-refractivity contribution in [3.05, 3.63) is 52.5 Å². The molecule has 1 aliphatic carbocycles. The van der Waals surface area contributed by atoms with Gasteiger partial charge in [0, 0.05) is 0 Å². The van der Waals surface area contributed by atoms with Crippen LogP contribution in [0.1, 0.15) is 89.0 Å². The molecule has 1 fully saturated rings. The van der Waals surface area contributed by atoms with Crippen molar-refractivity contribution in [3.63, 3.8) is 0 Å². The molecule has 0 saturated heterocycles. The molecule has 0 spiro atoms. The van der Waals surface area contributed by atoms with Crippen LogP contribution >= 0.6 is 15.9 Å². The van der Waals surface area contributed by atoms with Crippen molar-refractivity contribution in [2.24, 2.45) is 0 Å². The first-order valence-electron chi connectivity index (χ1n) is 11.3. The number of hydrogen-bond acceptors (Lipinski definition) is 1. The van der Waals surface area contributed by atoms with Crippen molar-refractivity contribution < 1.29 is 4.74 Å². The van der Waals surface area contributed by atoms with Gasteiger partial charge in [0.2, 0.25) is 0 Å². The highest BCUT2D eigenvalue weighted by molar-refractivity contribution is 9.10. The molecule has 152 valence electrons. The second kappa shape index (κ2) is 11.7. The summed E-state index contributed by atoms with van der Waals surface area (Å²) >= 11 is 3.70. The van der Waals surface area contributed by atoms with E-state index in [0.717, 1.165) is 29.2 Å². The van der Waals surface area contributed by atoms with Crippen molar-refractivity contribution >= 4 is 15.9 Å². The fourth-order valence-electron chi connectivity index (χ4n) is 4.25. The predicted molar refractivity (Wildman–Crippen MR) is 124 cm³/mol. The molecule has 0 aromatic heterocycles. The summed E-state index contributed by atoms with van der Waals surface area (Å²) in [6, 6.07) is 15.7. The van der Waals surface area contributed by atoms with Gasteiger partial charge in [-0.05, 0) is 69.9 Å². The molecule has 28 heavy (non-hydrogen) atoms. The Bertz CT molecular complexity index is 701. The summed E-state index contributed by atoms with van der Waals surface area (Å²) in [5.41, 5.74) is 4.04. The Kier molecular flexibility index (Phi) is 8.92. The summed E-state index contributed by atoms with van der Waals surface area (Å²) in [5.74, 6) is 1.73. The minimum atomic E-state index is 0.771. The number of ether oxygens (including phenoxy) is 1. The molecule has 1 aliphatic rings. The molecule has 0 heterocycles. The molecule has 0 unspecified atom stereocenters. The Morgan fingerprint density at radius 3 is 2.21 bits per heavy atom. The van der Waals surface area contributed by atoms with E-state index >= 15 is 0 Å². The summed E-state index contributed by atoms with van der Waals surface area (Å²) in [5, 5.41) is 0. The zero-order chi connectivity index (χ0) is 19.6. The molecule has 1 saturated carbocycles. The van der Waals surface area contributed by atoms with E-state index in [2.05, 4.69) is 65.3 Å². The highest BCUT2D eigenvalue weighted by Gasteiger charge is 2.15. The van der Waals surface area contributed by atoms with Crippen molar-refractivity contribution in [2.45, 2.75) is 83.5 Å². The van der Waals surface area contributed by atoms with Crippen LogP contribution in [0.3, 0.4) is 0 Å². The quantitative estimate of drug-likeness (QED) is 0.333. The summed E-state index contributed by atoms with van der Waals surface area (Å²) in [6.07, 6.45) is 14.7. The van der Waals surface area contributed by atoms with Crippen molar-refractivity contribution in [3.8, 4) is 16.9 Å². The van der Waals surface area contributed by atoms with E-state index in [0.29, 0.717) is 0 Å². The molecule has 0 atom stereocenters. The fraction of sp³-hybridized carbons (Fsp3) is 0.538. The van der Waals surface area contributed by atoms with Crippen LogP contribution in [0.5, 0.6) is 5.75 Å². The maximum atomic E-state index is 5.99. The average molecular weight is 443 g/mol. The van der Waals surface area contributed by atoms with E-state index in [9.17, 15) is 0 Å². The maximum Gasteiger partial charge on any atom is 0.133 e. The Hall–Kier alpha value is -1.28. The zero-order valence-corrected chi connectivity index (χ0v) is 19.0. The Morgan fingerprint density at radius 2 is 1.50 bits per heavy atom. The average Bonchev–Trinajstić information content (AvgIpc) is 2.75. The van der Waals surface area contributed by atoms with Crippen LogP contribution in [0, 0.1) is 0 Å². The van der Waals surface area contributed by atoms with Crippen LogP contribution in [0.15, 0.2) is 46.9 Å². The van der Waals surface area contributed by atoms with Crippen LogP contribution in [-0.4, -0.2) is 6.61 Å². The van der Waals surface area contributed by atoms with Gasteiger partial charge in [0.05, 0.1) is 11.1 Å². The summed E-state index contributed by atoms with van der Waals surface area (Å²) < 4.78 is 7.03. The SMILES string of the molecule is CCCCCCCCOc1ccc(-c2ccc(C3CCCCC3)cc2)cc1Br. The smallest absolute Gasteiger partial charge is 0.133 e. The minimum absolute atomic E-state index is 0.771. The number of unbranched alkanes of at least 4 members (excludes halogenated alkanes) is 5. The number of benzene rings is 2. The fourth-order valence-corrected chi connectivity index (χ4v) is 4.74. The molecule has 2 aromatic carbocycles. The molecular formula is C26H35BrO. The van der Waals surface area contributed by atoms with Crippen LogP contribution in [0.25, 0.3) is 11.1 Å². The molecular weight excluding hydrogens is 408 g/mol. The van der Waals surface area contributed by atoms with Crippen LogP contribution < -0.4 is 4.74 Å². The number of halogens is 1. The van der Waals surface area contributed by atoms with Gasteiger partial charge < -0.3 is 4.74 Å². The Morgan fingerprint density at radius 1 is 0.821 bits per heavy atom. The topological polar surface area (TPSA) is 9.23 Å². The van der Waals surface area contributed by atoms with Gasteiger partial charge in [-0.15, -0.1) is 0 Å². The molecule has 3 rings (SSSR count). The molecule has 2 aromatic rings. The molecule has 0 aliphatic heterocycles. The third-order valence-corrected chi connectivity index (χ3v) is 6.63. The van der Waals surface area contributed by atoms with E-state index in [1.807, 2.05) is 0 Å². The van der Waals surface area contributed by atoms with E-state index in [-0.39, 0.29) is 0 Å². The van der Waals surface area contributed by atoms with Gasteiger partial charge >= 0.3 is 0 Å². The lowest BCUT2D eigenvalue weighted by atomic mass is 9.84. The van der Waals surface area contributed by atoms with Gasteiger partial charge in [-0.25, -0.2) is 0 Å². The summed E-state index contributed by atoms with van der Waals surface area (Å²) in [7, 11) is 0. The van der Waals surface area contributed by atoms with Crippen LogP contribution in [0.2, 0.25) is 0 Å². The summed E-state index contributed by atoms with van der Waals surface area (Å²) in [6.45, 7) is 3.07. The first kappa shape index (κ1) is 21.4. The van der Waals surface area contributed by atoms with Crippen LogP contribution in [-0.2, 0) is 0 Å². The Balaban J connectivity index is 1.51. The predicted octanol–water partition coefficient (Wildman–Crippen LogP) is 8.90. The van der Waals surface area contributed by atoms with Gasteiger partial charge in [-0.2, -0.15) is 0 Å². The van der Waals surface area contributed by atoms with Gasteiger partial charge in [0.1, 0.15) is 5.75 Å². The highest BCUT2D eigenvalue weighted by atomic mass is 79.9. The first-order valence-corrected chi connectivity index (χ1v) is 12.1. The van der Waals surface area contributed by atoms with E-state index in [1.165, 1.54) is 80.9 Å². The first-order chi connectivity index (χ1) is 13.8. The molecule has 0 radical (unpaired) electrons. The lowest BCUT2D eigenvalue weighted by molar-refractivity contribution is 0.302. The second-order valence-electron chi connectivity index (χ2n) is 8.22. The van der Waals surface area contributed by atoms with Crippen LogP contribution in [0.4, 0.5) is 0 Å². The monoisotopic (exact) mass is 442 g/mol. The molecule has 0 amide bonds. The zero-order valence-electron chi connectivity index (χ0n) is 17.4. The van der Waals surface area contributed by atoms with Crippen molar-refractivity contribution in [1.29, 1.82) is 0 Å². The van der Waals surface area contributed by atoms with Gasteiger partial charge in [-0.3, -0.25) is 0 Å². The van der Waals surface area contributed by atoms with Crippen molar-refractivity contribution in [2.75, 3.05) is 6.61 Å². The standard InChI is InChI=1S/C26H35BrO/c1-2-3-4-5-6-10-19-28-26-18-17-24(20-25(26)27)23-15-13-22(14-16-23)21-11-8-7-9-12-21/h13-18,20-21H,2-12,19H2,1H3. The van der Waals surface area contributed by atoms with E-state index in [1.54, 1.807) is 0 Å². The second-order valence-corrected chi connectivity index (χ2v) is 9.07.